The van der Waals surface area contributed by atoms with Crippen molar-refractivity contribution in [3.63, 3.8) is 0 Å². The van der Waals surface area contributed by atoms with Crippen LogP contribution < -0.4 is 4.72 Å². The van der Waals surface area contributed by atoms with Crippen LogP contribution in [0.15, 0.2) is 45.8 Å². The van der Waals surface area contributed by atoms with Crippen molar-refractivity contribution < 1.29 is 8.42 Å². The summed E-state index contributed by atoms with van der Waals surface area (Å²) in [4.78, 5) is 0.142. The van der Waals surface area contributed by atoms with E-state index in [9.17, 15) is 8.42 Å². The Bertz CT molecular complexity index is 938. The van der Waals surface area contributed by atoms with Gasteiger partial charge in [-0.2, -0.15) is 8.75 Å². The average molecular weight is 398 g/mol. The molecular weight excluding hydrogens is 386 g/mol. The van der Waals surface area contributed by atoms with E-state index in [1.54, 1.807) is 18.2 Å². The average Bonchev–Trinajstić information content (AvgIpc) is 2.97. The summed E-state index contributed by atoms with van der Waals surface area (Å²) in [5, 5.41) is 0. The van der Waals surface area contributed by atoms with Crippen LogP contribution in [0.25, 0.3) is 11.0 Å². The molecule has 3 aromatic rings. The van der Waals surface area contributed by atoms with Gasteiger partial charge < -0.3 is 0 Å². The predicted octanol–water partition coefficient (Wildman–Crippen LogP) is 3.82. The molecule has 1 N–H and O–H groups in total. The van der Waals surface area contributed by atoms with E-state index in [-0.39, 0.29) is 4.90 Å². The van der Waals surface area contributed by atoms with E-state index in [4.69, 9.17) is 0 Å². The molecule has 114 valence electrons. The molecule has 3 rings (SSSR count). The van der Waals surface area contributed by atoms with Crippen LogP contribution in [0, 0.1) is 0 Å². The molecule has 0 bridgehead atoms. The Morgan fingerprint density at radius 3 is 2.82 bits per heavy atom. The van der Waals surface area contributed by atoms with Gasteiger partial charge >= 0.3 is 0 Å². The normalized spacial score (nSPS) is 11.7. The molecule has 0 unspecified atom stereocenters. The minimum Gasteiger partial charge on any atom is -0.279 e. The third kappa shape index (κ3) is 2.86. The highest BCUT2D eigenvalue weighted by Crippen LogP contribution is 2.27. The summed E-state index contributed by atoms with van der Waals surface area (Å²) >= 11 is 4.40. The van der Waals surface area contributed by atoms with Crippen molar-refractivity contribution in [3.8, 4) is 0 Å². The standard InChI is InChI=1S/C14H12BrN3O2S2/c1-2-9-8-10(15)6-7-11(9)18-22(19,20)13-5-3-4-12-14(13)17-21-16-12/h3-8,18H,2H2,1H3. The fourth-order valence-corrected chi connectivity index (χ4v) is 4.43. The van der Waals surface area contributed by atoms with Gasteiger partial charge in [-0.25, -0.2) is 8.42 Å². The van der Waals surface area contributed by atoms with Crippen molar-refractivity contribution >= 4 is 54.4 Å². The van der Waals surface area contributed by atoms with Gasteiger partial charge in [0, 0.05) is 4.47 Å². The summed E-state index contributed by atoms with van der Waals surface area (Å²) in [6, 6.07) is 10.4. The number of fused-ring (bicyclic) bond motifs is 1. The molecule has 0 radical (unpaired) electrons. The van der Waals surface area contributed by atoms with Gasteiger partial charge in [-0.3, -0.25) is 4.72 Å². The summed E-state index contributed by atoms with van der Waals surface area (Å²) in [5.41, 5.74) is 2.47. The number of rotatable bonds is 4. The molecule has 0 aliphatic rings. The van der Waals surface area contributed by atoms with Crippen molar-refractivity contribution in [2.24, 2.45) is 0 Å². The first-order valence-corrected chi connectivity index (χ1v) is 9.54. The Morgan fingerprint density at radius 2 is 2.05 bits per heavy atom. The number of aryl methyl sites for hydroxylation is 1. The lowest BCUT2D eigenvalue weighted by Gasteiger charge is -2.12. The minimum atomic E-state index is -3.72. The van der Waals surface area contributed by atoms with Gasteiger partial charge in [-0.1, -0.05) is 28.9 Å². The van der Waals surface area contributed by atoms with E-state index in [0.29, 0.717) is 16.7 Å². The van der Waals surface area contributed by atoms with E-state index in [0.717, 1.165) is 28.2 Å². The molecule has 0 fully saturated rings. The fourth-order valence-electron chi connectivity index (χ4n) is 2.15. The Hall–Kier alpha value is -1.51. The second kappa shape index (κ2) is 5.94. The van der Waals surface area contributed by atoms with E-state index < -0.39 is 10.0 Å². The lowest BCUT2D eigenvalue weighted by Crippen LogP contribution is -2.14. The molecule has 1 aromatic heterocycles. The molecule has 22 heavy (non-hydrogen) atoms. The lowest BCUT2D eigenvalue weighted by atomic mass is 10.1. The van der Waals surface area contributed by atoms with Gasteiger partial charge in [0.1, 0.15) is 15.9 Å². The van der Waals surface area contributed by atoms with E-state index in [1.807, 2.05) is 19.1 Å². The lowest BCUT2D eigenvalue weighted by molar-refractivity contribution is 0.602. The zero-order chi connectivity index (χ0) is 15.7. The van der Waals surface area contributed by atoms with Crippen LogP contribution >= 0.6 is 27.7 Å². The third-order valence-electron chi connectivity index (χ3n) is 3.23. The van der Waals surface area contributed by atoms with Gasteiger partial charge in [0.15, 0.2) is 0 Å². The highest BCUT2D eigenvalue weighted by atomic mass is 79.9. The Labute approximate surface area is 140 Å². The van der Waals surface area contributed by atoms with Crippen LogP contribution in [0.1, 0.15) is 12.5 Å². The monoisotopic (exact) mass is 397 g/mol. The zero-order valence-electron chi connectivity index (χ0n) is 11.6. The number of nitrogens with one attached hydrogen (secondary N) is 1. The highest BCUT2D eigenvalue weighted by molar-refractivity contribution is 9.10. The van der Waals surface area contributed by atoms with Crippen LogP contribution in [0.4, 0.5) is 5.69 Å². The molecule has 0 aliphatic carbocycles. The van der Waals surface area contributed by atoms with Crippen molar-refractivity contribution in [1.29, 1.82) is 0 Å². The number of benzene rings is 2. The number of sulfonamides is 1. The number of anilines is 1. The summed E-state index contributed by atoms with van der Waals surface area (Å²) in [7, 11) is -3.72. The molecule has 0 spiro atoms. The Kier molecular flexibility index (Phi) is 4.16. The highest BCUT2D eigenvalue weighted by Gasteiger charge is 2.20. The molecule has 0 saturated carbocycles. The second-order valence-electron chi connectivity index (χ2n) is 4.65. The second-order valence-corrected chi connectivity index (χ2v) is 7.74. The number of halogens is 1. The zero-order valence-corrected chi connectivity index (χ0v) is 14.8. The number of hydrogen-bond donors (Lipinski definition) is 1. The molecule has 2 aromatic carbocycles. The summed E-state index contributed by atoms with van der Waals surface area (Å²) in [6.07, 6.45) is 0.722. The predicted molar refractivity (Wildman–Crippen MR) is 91.7 cm³/mol. The van der Waals surface area contributed by atoms with Gasteiger partial charge in [0.2, 0.25) is 0 Å². The smallest absolute Gasteiger partial charge is 0.264 e. The molecule has 0 atom stereocenters. The Balaban J connectivity index is 2.06. The van der Waals surface area contributed by atoms with Gasteiger partial charge in [-0.15, -0.1) is 0 Å². The van der Waals surface area contributed by atoms with E-state index in [2.05, 4.69) is 29.4 Å². The number of aromatic nitrogens is 2. The first-order valence-electron chi connectivity index (χ1n) is 6.54. The summed E-state index contributed by atoms with van der Waals surface area (Å²) in [6.45, 7) is 1.98. The summed E-state index contributed by atoms with van der Waals surface area (Å²) < 4.78 is 37.1. The van der Waals surface area contributed by atoms with E-state index in [1.165, 1.54) is 6.07 Å². The van der Waals surface area contributed by atoms with Crippen LogP contribution in [-0.2, 0) is 16.4 Å². The van der Waals surface area contributed by atoms with Gasteiger partial charge in [-0.05, 0) is 42.3 Å². The SMILES string of the molecule is CCc1cc(Br)ccc1NS(=O)(=O)c1cccc2nsnc12. The maximum atomic E-state index is 12.7. The topological polar surface area (TPSA) is 72.0 Å². The van der Waals surface area contributed by atoms with Crippen molar-refractivity contribution in [2.75, 3.05) is 4.72 Å². The molecule has 1 heterocycles. The number of nitrogens with zero attached hydrogens (tertiary/aromatic N) is 2. The molecule has 5 nitrogen and oxygen atoms in total. The van der Waals surface area contributed by atoms with Crippen molar-refractivity contribution in [2.45, 2.75) is 18.2 Å². The van der Waals surface area contributed by atoms with Crippen LogP contribution in [0.3, 0.4) is 0 Å². The quantitative estimate of drug-likeness (QED) is 0.725. The van der Waals surface area contributed by atoms with Crippen molar-refractivity contribution in [3.05, 3.63) is 46.4 Å². The maximum Gasteiger partial charge on any atom is 0.264 e. The molecule has 0 aliphatic heterocycles. The molecule has 0 amide bonds. The molecular formula is C14H12BrN3O2S2. The van der Waals surface area contributed by atoms with Gasteiger partial charge in [0.25, 0.3) is 10.0 Å². The van der Waals surface area contributed by atoms with Gasteiger partial charge in [0.05, 0.1) is 17.4 Å². The first kappa shape index (κ1) is 15.4. The van der Waals surface area contributed by atoms with E-state index >= 15 is 0 Å². The Morgan fingerprint density at radius 1 is 1.23 bits per heavy atom. The molecule has 8 heteroatoms. The summed E-state index contributed by atoms with van der Waals surface area (Å²) in [5.74, 6) is 0. The van der Waals surface area contributed by atoms with Crippen LogP contribution in [0.2, 0.25) is 0 Å². The van der Waals surface area contributed by atoms with Crippen molar-refractivity contribution in [1.82, 2.24) is 8.75 Å². The van der Waals surface area contributed by atoms with Crippen LogP contribution in [0.5, 0.6) is 0 Å². The maximum absolute atomic E-state index is 12.7. The fraction of sp³-hybridized carbons (Fsp3) is 0.143. The number of hydrogen-bond acceptors (Lipinski definition) is 5. The van der Waals surface area contributed by atoms with Crippen LogP contribution in [-0.4, -0.2) is 17.2 Å². The third-order valence-corrected chi connectivity index (χ3v) is 5.66. The first-order chi connectivity index (χ1) is 10.5. The molecule has 0 saturated heterocycles. The largest absolute Gasteiger partial charge is 0.279 e. The minimum absolute atomic E-state index is 0.142.